The summed E-state index contributed by atoms with van der Waals surface area (Å²) < 4.78 is 5.24. The van der Waals surface area contributed by atoms with Crippen LogP contribution in [0, 0.1) is 0 Å². The van der Waals surface area contributed by atoms with Gasteiger partial charge in [0.15, 0.2) is 0 Å². The number of carbonyl (C=O) groups is 1. The van der Waals surface area contributed by atoms with Gasteiger partial charge in [-0.2, -0.15) is 0 Å². The number of rotatable bonds is 3. The molecule has 0 unspecified atom stereocenters. The van der Waals surface area contributed by atoms with Crippen molar-refractivity contribution in [1.82, 2.24) is 4.90 Å². The Balaban J connectivity index is 2.10. The van der Waals surface area contributed by atoms with Crippen molar-refractivity contribution in [1.29, 1.82) is 0 Å². The molecule has 4 nitrogen and oxygen atoms in total. The van der Waals surface area contributed by atoms with Crippen molar-refractivity contribution in [3.05, 3.63) is 35.9 Å². The molecule has 2 rings (SSSR count). The highest BCUT2D eigenvalue weighted by molar-refractivity contribution is 5.84. The van der Waals surface area contributed by atoms with Gasteiger partial charge >= 0.3 is 0 Å². The van der Waals surface area contributed by atoms with Crippen molar-refractivity contribution in [2.24, 2.45) is 5.73 Å². The van der Waals surface area contributed by atoms with E-state index in [-0.39, 0.29) is 11.8 Å². The molecule has 1 heterocycles. The molecule has 1 atom stereocenters. The Morgan fingerprint density at radius 1 is 1.29 bits per heavy atom. The number of carbonyl (C=O) groups excluding carboxylic acids is 1. The van der Waals surface area contributed by atoms with Crippen LogP contribution in [0.3, 0.4) is 0 Å². The smallest absolute Gasteiger partial charge is 0.231 e. The summed E-state index contributed by atoms with van der Waals surface area (Å²) in [5.41, 5.74) is 6.73. The van der Waals surface area contributed by atoms with Crippen LogP contribution in [-0.4, -0.2) is 43.7 Å². The molecule has 1 aliphatic heterocycles. The number of amides is 1. The zero-order valence-electron chi connectivity index (χ0n) is 9.84. The number of ether oxygens (including phenoxy) is 1. The molecule has 1 saturated heterocycles. The molecule has 1 fully saturated rings. The molecule has 0 aliphatic carbocycles. The zero-order chi connectivity index (χ0) is 12.1. The van der Waals surface area contributed by atoms with E-state index in [0.29, 0.717) is 32.8 Å². The molecule has 1 amide bonds. The summed E-state index contributed by atoms with van der Waals surface area (Å²) in [4.78, 5) is 14.2. The minimum Gasteiger partial charge on any atom is -0.378 e. The molecule has 0 saturated carbocycles. The zero-order valence-corrected chi connectivity index (χ0v) is 9.84. The van der Waals surface area contributed by atoms with Crippen molar-refractivity contribution in [2.45, 2.75) is 5.92 Å². The molecule has 1 aliphatic rings. The van der Waals surface area contributed by atoms with E-state index in [9.17, 15) is 4.79 Å². The van der Waals surface area contributed by atoms with Gasteiger partial charge in [-0.05, 0) is 5.56 Å². The number of nitrogens with two attached hydrogens (primary N) is 1. The predicted molar refractivity (Wildman–Crippen MR) is 65.6 cm³/mol. The fraction of sp³-hybridized carbons (Fsp3) is 0.462. The van der Waals surface area contributed by atoms with E-state index in [1.165, 1.54) is 0 Å². The molecule has 1 aromatic rings. The summed E-state index contributed by atoms with van der Waals surface area (Å²) in [6, 6.07) is 9.72. The summed E-state index contributed by atoms with van der Waals surface area (Å²) in [6.45, 7) is 2.93. The van der Waals surface area contributed by atoms with Gasteiger partial charge in [0.25, 0.3) is 0 Å². The van der Waals surface area contributed by atoms with Crippen molar-refractivity contribution in [2.75, 3.05) is 32.8 Å². The fourth-order valence-electron chi connectivity index (χ4n) is 2.07. The Kier molecular flexibility index (Phi) is 4.12. The van der Waals surface area contributed by atoms with Crippen molar-refractivity contribution < 1.29 is 9.53 Å². The van der Waals surface area contributed by atoms with Crippen LogP contribution in [0.2, 0.25) is 0 Å². The largest absolute Gasteiger partial charge is 0.378 e. The van der Waals surface area contributed by atoms with Crippen LogP contribution in [0.15, 0.2) is 30.3 Å². The first-order valence-electron chi connectivity index (χ1n) is 5.94. The lowest BCUT2D eigenvalue weighted by Crippen LogP contribution is -2.44. The van der Waals surface area contributed by atoms with E-state index in [1.807, 2.05) is 35.2 Å². The maximum absolute atomic E-state index is 12.3. The van der Waals surface area contributed by atoms with Crippen LogP contribution in [0.4, 0.5) is 0 Å². The molecular weight excluding hydrogens is 216 g/mol. The van der Waals surface area contributed by atoms with E-state index >= 15 is 0 Å². The van der Waals surface area contributed by atoms with Crippen molar-refractivity contribution >= 4 is 5.91 Å². The lowest BCUT2D eigenvalue weighted by Gasteiger charge is -2.30. The van der Waals surface area contributed by atoms with Gasteiger partial charge in [-0.1, -0.05) is 30.3 Å². The van der Waals surface area contributed by atoms with Gasteiger partial charge in [-0.3, -0.25) is 4.79 Å². The van der Waals surface area contributed by atoms with Gasteiger partial charge in [-0.25, -0.2) is 0 Å². The number of benzene rings is 1. The maximum atomic E-state index is 12.3. The lowest BCUT2D eigenvalue weighted by molar-refractivity contribution is -0.136. The first kappa shape index (κ1) is 12.1. The average Bonchev–Trinajstić information content (AvgIpc) is 2.42. The highest BCUT2D eigenvalue weighted by atomic mass is 16.5. The van der Waals surface area contributed by atoms with Crippen molar-refractivity contribution in [3.63, 3.8) is 0 Å². The second-order valence-electron chi connectivity index (χ2n) is 4.14. The van der Waals surface area contributed by atoms with E-state index in [2.05, 4.69) is 0 Å². The molecule has 0 spiro atoms. The first-order chi connectivity index (χ1) is 8.33. The molecule has 1 aromatic carbocycles. The number of morpholine rings is 1. The number of hydrogen-bond acceptors (Lipinski definition) is 3. The molecular formula is C13H18N2O2. The van der Waals surface area contributed by atoms with Crippen LogP contribution < -0.4 is 5.73 Å². The lowest BCUT2D eigenvalue weighted by atomic mass is 9.97. The third-order valence-corrected chi connectivity index (χ3v) is 3.06. The van der Waals surface area contributed by atoms with Gasteiger partial charge in [0.1, 0.15) is 0 Å². The van der Waals surface area contributed by atoms with Crippen LogP contribution in [-0.2, 0) is 9.53 Å². The molecule has 0 aromatic heterocycles. The Hall–Kier alpha value is -1.39. The van der Waals surface area contributed by atoms with E-state index < -0.39 is 0 Å². The fourth-order valence-corrected chi connectivity index (χ4v) is 2.07. The summed E-state index contributed by atoms with van der Waals surface area (Å²) in [5.74, 6) is -0.115. The van der Waals surface area contributed by atoms with E-state index in [0.717, 1.165) is 5.56 Å². The summed E-state index contributed by atoms with van der Waals surface area (Å²) in [6.07, 6.45) is 0. The van der Waals surface area contributed by atoms with Crippen molar-refractivity contribution in [3.8, 4) is 0 Å². The third-order valence-electron chi connectivity index (χ3n) is 3.06. The highest BCUT2D eigenvalue weighted by Crippen LogP contribution is 2.17. The van der Waals surface area contributed by atoms with Gasteiger partial charge in [0, 0.05) is 19.6 Å². The van der Waals surface area contributed by atoms with Crippen LogP contribution in [0.1, 0.15) is 11.5 Å². The Morgan fingerprint density at radius 2 is 1.94 bits per heavy atom. The van der Waals surface area contributed by atoms with Crippen LogP contribution >= 0.6 is 0 Å². The minimum atomic E-state index is -0.228. The van der Waals surface area contributed by atoms with Crippen LogP contribution in [0.25, 0.3) is 0 Å². The van der Waals surface area contributed by atoms with Gasteiger partial charge in [-0.15, -0.1) is 0 Å². The molecule has 4 heteroatoms. The Morgan fingerprint density at radius 3 is 2.53 bits per heavy atom. The predicted octanol–water partition coefficient (Wildman–Crippen LogP) is 0.588. The average molecular weight is 234 g/mol. The minimum absolute atomic E-state index is 0.113. The Bertz CT molecular complexity index is 361. The van der Waals surface area contributed by atoms with Gasteiger partial charge in [0.05, 0.1) is 19.1 Å². The van der Waals surface area contributed by atoms with Crippen LogP contribution in [0.5, 0.6) is 0 Å². The third kappa shape index (κ3) is 2.84. The van der Waals surface area contributed by atoms with Gasteiger partial charge < -0.3 is 15.4 Å². The van der Waals surface area contributed by atoms with E-state index in [4.69, 9.17) is 10.5 Å². The molecule has 17 heavy (non-hydrogen) atoms. The van der Waals surface area contributed by atoms with E-state index in [1.54, 1.807) is 0 Å². The summed E-state index contributed by atoms with van der Waals surface area (Å²) in [5, 5.41) is 0. The van der Waals surface area contributed by atoms with Gasteiger partial charge in [0.2, 0.25) is 5.91 Å². The maximum Gasteiger partial charge on any atom is 0.231 e. The second-order valence-corrected chi connectivity index (χ2v) is 4.14. The molecule has 2 N–H and O–H groups in total. The first-order valence-corrected chi connectivity index (χ1v) is 5.94. The summed E-state index contributed by atoms with van der Waals surface area (Å²) in [7, 11) is 0. The topological polar surface area (TPSA) is 55.6 Å². The quantitative estimate of drug-likeness (QED) is 0.832. The monoisotopic (exact) mass is 234 g/mol. The Labute approximate surface area is 101 Å². The highest BCUT2D eigenvalue weighted by Gasteiger charge is 2.25. The number of hydrogen-bond donors (Lipinski definition) is 1. The standard InChI is InChI=1S/C13H18N2O2/c14-10-12(11-4-2-1-3-5-11)13(16)15-6-8-17-9-7-15/h1-5,12H,6-10,14H2/t12-/m1/s1. The summed E-state index contributed by atoms with van der Waals surface area (Å²) >= 11 is 0. The molecule has 92 valence electrons. The second kappa shape index (κ2) is 5.80. The number of nitrogens with zero attached hydrogens (tertiary/aromatic N) is 1. The molecule has 0 bridgehead atoms. The SMILES string of the molecule is NC[C@@H](C(=O)N1CCOCC1)c1ccccc1. The normalized spacial score (nSPS) is 17.8. The molecule has 0 radical (unpaired) electrons.